The van der Waals surface area contributed by atoms with E-state index in [1.165, 1.54) is 27.5 Å². The average molecular weight is 478 g/mol. The van der Waals surface area contributed by atoms with Gasteiger partial charge in [-0.15, -0.1) is 0 Å². The SMILES string of the molecule is Cn1ccn(-c2cc(O[C@H]3c4cc(Cl)cc(Cl)c4C[C@@H]3N3CC[C@@H](O)C3)ccc2F)c1=O. The van der Waals surface area contributed by atoms with Crippen LogP contribution in [0.25, 0.3) is 5.69 Å². The van der Waals surface area contributed by atoms with Crippen molar-refractivity contribution in [1.29, 1.82) is 0 Å². The first-order valence-electron chi connectivity index (χ1n) is 10.4. The van der Waals surface area contributed by atoms with Crippen molar-refractivity contribution >= 4 is 23.2 Å². The third-order valence-electron chi connectivity index (χ3n) is 6.32. The molecule has 1 aliphatic heterocycles. The minimum absolute atomic E-state index is 0.0499. The highest BCUT2D eigenvalue weighted by atomic mass is 35.5. The molecule has 1 aliphatic carbocycles. The standard InChI is InChI=1S/C23H22Cl2FN3O3/c1-27-6-7-29(23(27)31)20-10-15(2-3-19(20)26)32-22-17-8-13(24)9-18(25)16(17)11-21(22)28-5-4-14(30)12-28/h2-3,6-10,14,21-22,30H,4-5,11-12H2,1H3/t14-,21+,22+/m1/s1. The summed E-state index contributed by atoms with van der Waals surface area (Å²) in [5, 5.41) is 11.2. The number of benzene rings is 2. The van der Waals surface area contributed by atoms with Crippen molar-refractivity contribution in [1.82, 2.24) is 14.0 Å². The van der Waals surface area contributed by atoms with Crippen molar-refractivity contribution in [2.45, 2.75) is 31.1 Å². The average Bonchev–Trinajstić information content (AvgIpc) is 3.42. The van der Waals surface area contributed by atoms with E-state index in [0.717, 1.165) is 17.7 Å². The first-order valence-corrected chi connectivity index (χ1v) is 11.2. The van der Waals surface area contributed by atoms with Gasteiger partial charge >= 0.3 is 5.69 Å². The fourth-order valence-electron chi connectivity index (χ4n) is 4.69. The minimum Gasteiger partial charge on any atom is -0.484 e. The first kappa shape index (κ1) is 21.5. The number of hydrogen-bond donors (Lipinski definition) is 1. The van der Waals surface area contributed by atoms with Crippen molar-refractivity contribution in [2.75, 3.05) is 13.1 Å². The Morgan fingerprint density at radius 2 is 2.00 bits per heavy atom. The van der Waals surface area contributed by atoms with Gasteiger partial charge in [-0.25, -0.2) is 9.18 Å². The Kier molecular flexibility index (Phi) is 5.53. The van der Waals surface area contributed by atoms with Gasteiger partial charge in [0.2, 0.25) is 0 Å². The molecule has 1 N–H and O–H groups in total. The van der Waals surface area contributed by atoms with Crippen molar-refractivity contribution in [2.24, 2.45) is 7.05 Å². The number of aliphatic hydroxyl groups is 1. The Hall–Kier alpha value is -2.32. The van der Waals surface area contributed by atoms with Crippen LogP contribution in [-0.4, -0.2) is 44.4 Å². The highest BCUT2D eigenvalue weighted by molar-refractivity contribution is 6.35. The van der Waals surface area contributed by atoms with Crippen LogP contribution in [0.1, 0.15) is 23.7 Å². The maximum atomic E-state index is 14.6. The molecule has 2 aromatic carbocycles. The Bertz CT molecular complexity index is 1240. The smallest absolute Gasteiger partial charge is 0.332 e. The predicted molar refractivity (Wildman–Crippen MR) is 120 cm³/mol. The van der Waals surface area contributed by atoms with Crippen molar-refractivity contribution in [3.05, 3.63) is 80.2 Å². The third-order valence-corrected chi connectivity index (χ3v) is 6.87. The molecule has 2 aliphatic rings. The molecule has 0 radical (unpaired) electrons. The second-order valence-corrected chi connectivity index (χ2v) is 9.22. The number of aromatic nitrogens is 2. The minimum atomic E-state index is -0.525. The van der Waals surface area contributed by atoms with Gasteiger partial charge in [0.15, 0.2) is 0 Å². The van der Waals surface area contributed by atoms with Crippen molar-refractivity contribution in [3.63, 3.8) is 0 Å². The van der Waals surface area contributed by atoms with Crippen LogP contribution in [0.2, 0.25) is 10.0 Å². The molecule has 0 amide bonds. The quantitative estimate of drug-likeness (QED) is 0.621. The molecule has 6 nitrogen and oxygen atoms in total. The lowest BCUT2D eigenvalue weighted by Gasteiger charge is -2.30. The summed E-state index contributed by atoms with van der Waals surface area (Å²) in [4.78, 5) is 14.5. The molecule has 2 heterocycles. The summed E-state index contributed by atoms with van der Waals surface area (Å²) in [5.74, 6) is -0.0985. The van der Waals surface area contributed by atoms with E-state index in [0.29, 0.717) is 35.2 Å². The molecule has 0 spiro atoms. The van der Waals surface area contributed by atoms with Gasteiger partial charge in [-0.1, -0.05) is 23.2 Å². The molecular formula is C23H22Cl2FN3O3. The van der Waals surface area contributed by atoms with E-state index < -0.39 is 11.9 Å². The molecule has 168 valence electrons. The van der Waals surface area contributed by atoms with Crippen LogP contribution in [-0.2, 0) is 13.5 Å². The van der Waals surface area contributed by atoms with Crippen LogP contribution in [0.3, 0.4) is 0 Å². The van der Waals surface area contributed by atoms with E-state index in [1.807, 2.05) is 6.07 Å². The van der Waals surface area contributed by atoms with Crippen LogP contribution < -0.4 is 10.4 Å². The fraction of sp³-hybridized carbons (Fsp3) is 0.348. The Labute approximate surface area is 194 Å². The summed E-state index contributed by atoms with van der Waals surface area (Å²) in [5.41, 5.74) is 1.61. The molecule has 0 unspecified atom stereocenters. The summed E-state index contributed by atoms with van der Waals surface area (Å²) in [7, 11) is 1.61. The van der Waals surface area contributed by atoms with Gasteiger partial charge in [-0.2, -0.15) is 0 Å². The summed E-state index contributed by atoms with van der Waals surface area (Å²) >= 11 is 12.8. The summed E-state index contributed by atoms with van der Waals surface area (Å²) in [6.07, 6.45) is 3.67. The van der Waals surface area contributed by atoms with Gasteiger partial charge in [0.05, 0.1) is 17.8 Å². The van der Waals surface area contributed by atoms with Crippen LogP contribution in [0, 0.1) is 5.82 Å². The molecule has 1 saturated heterocycles. The van der Waals surface area contributed by atoms with Gasteiger partial charge in [0.1, 0.15) is 17.7 Å². The largest absolute Gasteiger partial charge is 0.484 e. The van der Waals surface area contributed by atoms with Gasteiger partial charge in [0.25, 0.3) is 0 Å². The lowest BCUT2D eigenvalue weighted by Crippen LogP contribution is -2.39. The van der Waals surface area contributed by atoms with E-state index in [4.69, 9.17) is 27.9 Å². The molecule has 5 rings (SSSR count). The van der Waals surface area contributed by atoms with Crippen molar-refractivity contribution < 1.29 is 14.2 Å². The Morgan fingerprint density at radius 1 is 1.19 bits per heavy atom. The van der Waals surface area contributed by atoms with Gasteiger partial charge in [-0.05, 0) is 42.7 Å². The number of β-amino-alcohol motifs (C(OH)–C–C–N with tert-alkyl or cyclic N) is 1. The molecule has 0 saturated carbocycles. The highest BCUT2D eigenvalue weighted by Gasteiger charge is 2.41. The molecule has 9 heteroatoms. The molecule has 1 aromatic heterocycles. The second kappa shape index (κ2) is 8.23. The van der Waals surface area contributed by atoms with Crippen LogP contribution in [0.15, 0.2) is 47.5 Å². The molecule has 3 aromatic rings. The number of likely N-dealkylation sites (tertiary alicyclic amines) is 1. The molecular weight excluding hydrogens is 456 g/mol. The third kappa shape index (κ3) is 3.73. The number of rotatable bonds is 4. The maximum Gasteiger partial charge on any atom is 0.332 e. The molecule has 0 bridgehead atoms. The molecule has 1 fully saturated rings. The van der Waals surface area contributed by atoms with Crippen LogP contribution >= 0.6 is 23.2 Å². The first-order chi connectivity index (χ1) is 15.3. The zero-order chi connectivity index (χ0) is 22.6. The summed E-state index contributed by atoms with van der Waals surface area (Å²) < 4.78 is 23.6. The number of nitrogens with zero attached hydrogens (tertiary/aromatic N) is 3. The van der Waals surface area contributed by atoms with E-state index in [9.17, 15) is 14.3 Å². The Balaban J connectivity index is 1.53. The summed E-state index contributed by atoms with van der Waals surface area (Å²) in [6.45, 7) is 1.30. The predicted octanol–water partition coefficient (Wildman–Crippen LogP) is 3.73. The van der Waals surface area contributed by atoms with E-state index in [2.05, 4.69) is 4.90 Å². The number of aryl methyl sites for hydroxylation is 1. The zero-order valence-electron chi connectivity index (χ0n) is 17.3. The number of aliphatic hydroxyl groups excluding tert-OH is 1. The number of halogens is 3. The molecule has 3 atom stereocenters. The number of fused-ring (bicyclic) bond motifs is 1. The number of ether oxygens (including phenoxy) is 1. The van der Waals surface area contributed by atoms with Gasteiger partial charge in [-0.3, -0.25) is 9.47 Å². The molecule has 32 heavy (non-hydrogen) atoms. The van der Waals surface area contributed by atoms with Gasteiger partial charge in [0, 0.05) is 54.2 Å². The topological polar surface area (TPSA) is 59.6 Å². The van der Waals surface area contributed by atoms with Crippen molar-refractivity contribution in [3.8, 4) is 11.4 Å². The van der Waals surface area contributed by atoms with Crippen LogP contribution in [0.5, 0.6) is 5.75 Å². The zero-order valence-corrected chi connectivity index (χ0v) is 18.9. The normalized spacial score (nSPS) is 23.0. The monoisotopic (exact) mass is 477 g/mol. The van der Waals surface area contributed by atoms with E-state index >= 15 is 0 Å². The summed E-state index contributed by atoms with van der Waals surface area (Å²) in [6, 6.07) is 7.89. The number of imidazole rings is 1. The maximum absolute atomic E-state index is 14.6. The lowest BCUT2D eigenvalue weighted by atomic mass is 10.1. The van der Waals surface area contributed by atoms with E-state index in [1.54, 1.807) is 25.4 Å². The number of hydrogen-bond acceptors (Lipinski definition) is 4. The van der Waals surface area contributed by atoms with E-state index in [-0.39, 0.29) is 23.5 Å². The highest BCUT2D eigenvalue weighted by Crippen LogP contribution is 2.43. The Morgan fingerprint density at radius 3 is 2.69 bits per heavy atom. The second-order valence-electron chi connectivity index (χ2n) is 8.38. The van der Waals surface area contributed by atoms with Crippen LogP contribution in [0.4, 0.5) is 4.39 Å². The lowest BCUT2D eigenvalue weighted by molar-refractivity contribution is 0.0818. The fourth-order valence-corrected chi connectivity index (χ4v) is 5.28. The van der Waals surface area contributed by atoms with Gasteiger partial charge < -0.3 is 14.4 Å².